The minimum atomic E-state index is -3.85. The first-order chi connectivity index (χ1) is 10.8. The van der Waals surface area contributed by atoms with Crippen molar-refractivity contribution in [3.63, 3.8) is 0 Å². The van der Waals surface area contributed by atoms with E-state index >= 15 is 0 Å². The van der Waals surface area contributed by atoms with Crippen LogP contribution in [0.15, 0.2) is 42.5 Å². The quantitative estimate of drug-likeness (QED) is 0.747. The standard InChI is InChI=1S/C16H12F4N2O/c1-22-13-5-3-2-4-12(13)21-15(22)16(19,20)14(23)10-7-6-9(17)8-11(10)18/h2-8,14,23H,1H3. The molecule has 3 aromatic rings. The van der Waals surface area contributed by atoms with Gasteiger partial charge >= 0.3 is 5.92 Å². The lowest BCUT2D eigenvalue weighted by molar-refractivity contribution is -0.126. The molecule has 0 spiro atoms. The summed E-state index contributed by atoms with van der Waals surface area (Å²) >= 11 is 0. The fourth-order valence-corrected chi connectivity index (χ4v) is 2.48. The molecule has 3 nitrogen and oxygen atoms in total. The van der Waals surface area contributed by atoms with Gasteiger partial charge in [-0.2, -0.15) is 8.78 Å². The van der Waals surface area contributed by atoms with Crippen molar-refractivity contribution in [1.82, 2.24) is 9.55 Å². The van der Waals surface area contributed by atoms with Crippen LogP contribution in [0.2, 0.25) is 0 Å². The van der Waals surface area contributed by atoms with Crippen LogP contribution in [0.3, 0.4) is 0 Å². The van der Waals surface area contributed by atoms with Crippen LogP contribution in [-0.4, -0.2) is 14.7 Å². The van der Waals surface area contributed by atoms with Gasteiger partial charge in [0.2, 0.25) is 0 Å². The van der Waals surface area contributed by atoms with Gasteiger partial charge in [-0.05, 0) is 18.2 Å². The molecule has 0 aliphatic heterocycles. The van der Waals surface area contributed by atoms with Gasteiger partial charge in [0, 0.05) is 18.7 Å². The van der Waals surface area contributed by atoms with E-state index in [9.17, 15) is 22.7 Å². The predicted octanol–water partition coefficient (Wildman–Crippen LogP) is 3.68. The van der Waals surface area contributed by atoms with E-state index in [1.807, 2.05) is 0 Å². The average Bonchev–Trinajstić information content (AvgIpc) is 2.85. The van der Waals surface area contributed by atoms with E-state index in [2.05, 4.69) is 4.98 Å². The van der Waals surface area contributed by atoms with Gasteiger partial charge in [-0.3, -0.25) is 0 Å². The SMILES string of the molecule is Cn1c(C(F)(F)C(O)c2ccc(F)cc2F)nc2ccccc21. The highest BCUT2D eigenvalue weighted by molar-refractivity contribution is 5.76. The molecule has 120 valence electrons. The lowest BCUT2D eigenvalue weighted by Crippen LogP contribution is -2.28. The van der Waals surface area contributed by atoms with E-state index in [0.717, 1.165) is 16.7 Å². The van der Waals surface area contributed by atoms with E-state index in [1.54, 1.807) is 24.3 Å². The first kappa shape index (κ1) is 15.5. The number of hydrogen-bond donors (Lipinski definition) is 1. The Morgan fingerprint density at radius 2 is 1.83 bits per heavy atom. The Bertz CT molecular complexity index is 876. The van der Waals surface area contributed by atoms with Gasteiger partial charge in [0.15, 0.2) is 11.9 Å². The number of benzene rings is 2. The Morgan fingerprint density at radius 1 is 1.13 bits per heavy atom. The van der Waals surface area contributed by atoms with Crippen molar-refractivity contribution in [2.24, 2.45) is 7.05 Å². The number of aliphatic hydroxyl groups excluding tert-OH is 1. The van der Waals surface area contributed by atoms with E-state index in [-0.39, 0.29) is 0 Å². The molecule has 0 radical (unpaired) electrons. The van der Waals surface area contributed by atoms with Crippen molar-refractivity contribution < 1.29 is 22.7 Å². The van der Waals surface area contributed by atoms with Gasteiger partial charge in [0.25, 0.3) is 0 Å². The lowest BCUT2D eigenvalue weighted by atomic mass is 10.0. The number of halogens is 4. The predicted molar refractivity (Wildman–Crippen MR) is 75.9 cm³/mol. The maximum atomic E-state index is 14.6. The number of alkyl halides is 2. The summed E-state index contributed by atoms with van der Waals surface area (Å²) in [6.45, 7) is 0. The van der Waals surface area contributed by atoms with E-state index in [0.29, 0.717) is 17.1 Å². The highest BCUT2D eigenvalue weighted by Crippen LogP contribution is 2.41. The van der Waals surface area contributed by atoms with Gasteiger partial charge < -0.3 is 9.67 Å². The largest absolute Gasteiger partial charge is 0.381 e. The summed E-state index contributed by atoms with van der Waals surface area (Å²) in [5.41, 5.74) is 0.0915. The number of rotatable bonds is 3. The molecular weight excluding hydrogens is 312 g/mol. The third-order valence-electron chi connectivity index (χ3n) is 3.69. The highest BCUT2D eigenvalue weighted by atomic mass is 19.3. The summed E-state index contributed by atoms with van der Waals surface area (Å²) in [6.07, 6.45) is -2.49. The van der Waals surface area contributed by atoms with Crippen molar-refractivity contribution in [1.29, 1.82) is 0 Å². The molecule has 0 aliphatic rings. The van der Waals surface area contributed by atoms with Crippen LogP contribution < -0.4 is 0 Å². The topological polar surface area (TPSA) is 38.0 Å². The lowest BCUT2D eigenvalue weighted by Gasteiger charge is -2.22. The van der Waals surface area contributed by atoms with Crippen molar-refractivity contribution in [2.45, 2.75) is 12.0 Å². The van der Waals surface area contributed by atoms with E-state index in [4.69, 9.17) is 0 Å². The third-order valence-corrected chi connectivity index (χ3v) is 3.69. The maximum absolute atomic E-state index is 14.6. The fourth-order valence-electron chi connectivity index (χ4n) is 2.48. The van der Waals surface area contributed by atoms with Gasteiger partial charge in [-0.25, -0.2) is 13.8 Å². The molecule has 1 N–H and O–H groups in total. The monoisotopic (exact) mass is 324 g/mol. The maximum Gasteiger partial charge on any atom is 0.334 e. The molecular formula is C16H12F4N2O. The first-order valence-corrected chi connectivity index (χ1v) is 6.75. The second-order valence-corrected chi connectivity index (χ2v) is 5.17. The summed E-state index contributed by atoms with van der Waals surface area (Å²) in [6, 6.07) is 8.53. The summed E-state index contributed by atoms with van der Waals surface area (Å²) in [5, 5.41) is 9.96. The zero-order valence-electron chi connectivity index (χ0n) is 12.0. The van der Waals surface area contributed by atoms with Gasteiger partial charge in [-0.1, -0.05) is 18.2 Å². The molecule has 3 rings (SSSR count). The Labute approximate surface area is 128 Å². The molecule has 2 aromatic carbocycles. The Balaban J connectivity index is 2.10. The Morgan fingerprint density at radius 3 is 2.48 bits per heavy atom. The smallest absolute Gasteiger partial charge is 0.334 e. The van der Waals surface area contributed by atoms with E-state index in [1.165, 1.54) is 7.05 Å². The van der Waals surface area contributed by atoms with Crippen LogP contribution in [0.1, 0.15) is 17.5 Å². The number of nitrogens with zero attached hydrogens (tertiary/aromatic N) is 2. The molecule has 0 fully saturated rings. The summed E-state index contributed by atoms with van der Waals surface area (Å²) < 4.78 is 57.0. The third kappa shape index (κ3) is 2.46. The zero-order valence-corrected chi connectivity index (χ0v) is 12.0. The summed E-state index contributed by atoms with van der Waals surface area (Å²) in [4.78, 5) is 3.83. The number of para-hydroxylation sites is 2. The van der Waals surface area contributed by atoms with Crippen molar-refractivity contribution in [2.75, 3.05) is 0 Å². The second-order valence-electron chi connectivity index (χ2n) is 5.17. The van der Waals surface area contributed by atoms with Crippen molar-refractivity contribution in [3.05, 3.63) is 65.5 Å². The summed E-state index contributed by atoms with van der Waals surface area (Å²) in [7, 11) is 1.38. The molecule has 0 saturated heterocycles. The Hall–Kier alpha value is -2.41. The van der Waals surface area contributed by atoms with Crippen LogP contribution in [-0.2, 0) is 13.0 Å². The fraction of sp³-hybridized carbons (Fsp3) is 0.188. The molecule has 23 heavy (non-hydrogen) atoms. The van der Waals surface area contributed by atoms with Gasteiger partial charge in [0.05, 0.1) is 11.0 Å². The molecule has 7 heteroatoms. The van der Waals surface area contributed by atoms with Crippen LogP contribution in [0.25, 0.3) is 11.0 Å². The van der Waals surface area contributed by atoms with Crippen LogP contribution in [0.4, 0.5) is 17.6 Å². The van der Waals surface area contributed by atoms with Crippen LogP contribution in [0.5, 0.6) is 0 Å². The molecule has 1 heterocycles. The number of aryl methyl sites for hydroxylation is 1. The number of hydrogen-bond acceptors (Lipinski definition) is 2. The average molecular weight is 324 g/mol. The molecule has 0 saturated carbocycles. The number of aromatic nitrogens is 2. The zero-order chi connectivity index (χ0) is 16.8. The minimum Gasteiger partial charge on any atom is -0.381 e. The second kappa shape index (κ2) is 5.34. The molecule has 0 bridgehead atoms. The number of aliphatic hydroxyl groups is 1. The van der Waals surface area contributed by atoms with Crippen molar-refractivity contribution in [3.8, 4) is 0 Å². The molecule has 1 unspecified atom stereocenters. The van der Waals surface area contributed by atoms with Crippen LogP contribution >= 0.6 is 0 Å². The summed E-state index contributed by atoms with van der Waals surface area (Å²) in [5.74, 6) is -6.71. The Kier molecular flexibility index (Phi) is 3.60. The number of imidazole rings is 1. The molecule has 0 amide bonds. The van der Waals surface area contributed by atoms with E-state index < -0.39 is 35.0 Å². The molecule has 1 atom stereocenters. The highest BCUT2D eigenvalue weighted by Gasteiger charge is 2.46. The molecule has 0 aliphatic carbocycles. The number of fused-ring (bicyclic) bond motifs is 1. The normalized spacial score (nSPS) is 13.5. The van der Waals surface area contributed by atoms with Gasteiger partial charge in [-0.15, -0.1) is 0 Å². The minimum absolute atomic E-state index is 0.330. The van der Waals surface area contributed by atoms with Gasteiger partial charge in [0.1, 0.15) is 11.6 Å². The molecule has 1 aromatic heterocycles. The first-order valence-electron chi connectivity index (χ1n) is 6.75. The van der Waals surface area contributed by atoms with Crippen LogP contribution in [0, 0.1) is 11.6 Å². The van der Waals surface area contributed by atoms with Crippen molar-refractivity contribution >= 4 is 11.0 Å².